The van der Waals surface area contributed by atoms with Crippen LogP contribution in [0.3, 0.4) is 0 Å². The maximum atomic E-state index is 12.6. The molecule has 0 bridgehead atoms. The summed E-state index contributed by atoms with van der Waals surface area (Å²) in [4.78, 5) is 12.6. The molecule has 1 aromatic rings. The quantitative estimate of drug-likeness (QED) is 0.767. The van der Waals surface area contributed by atoms with Gasteiger partial charge in [-0.3, -0.25) is 4.79 Å². The lowest BCUT2D eigenvalue weighted by Gasteiger charge is -2.16. The number of ketones is 1. The third-order valence-corrected chi connectivity index (χ3v) is 3.87. The smallest absolute Gasteiger partial charge is 0.170 e. The van der Waals surface area contributed by atoms with Crippen molar-refractivity contribution in [3.63, 3.8) is 0 Å². The molecule has 0 aliphatic heterocycles. The van der Waals surface area contributed by atoms with Gasteiger partial charge in [0.1, 0.15) is 11.5 Å². The van der Waals surface area contributed by atoms with Crippen molar-refractivity contribution in [1.29, 1.82) is 0 Å². The monoisotopic (exact) mass is 248 g/mol. The van der Waals surface area contributed by atoms with Gasteiger partial charge in [-0.2, -0.15) is 0 Å². The van der Waals surface area contributed by atoms with Gasteiger partial charge in [-0.05, 0) is 37.0 Å². The third-order valence-electron chi connectivity index (χ3n) is 3.87. The summed E-state index contributed by atoms with van der Waals surface area (Å²) in [5.74, 6) is 2.12. The first kappa shape index (κ1) is 12.9. The number of carbonyl (C=O) groups is 1. The van der Waals surface area contributed by atoms with Crippen LogP contribution in [0.25, 0.3) is 0 Å². The average Bonchev–Trinajstić information content (AvgIpc) is 2.83. The number of hydrogen-bond donors (Lipinski definition) is 0. The molecule has 1 aliphatic rings. The number of ether oxygens (including phenoxy) is 2. The van der Waals surface area contributed by atoms with Gasteiger partial charge in [0, 0.05) is 5.92 Å². The highest BCUT2D eigenvalue weighted by molar-refractivity contribution is 6.01. The van der Waals surface area contributed by atoms with E-state index in [0.717, 1.165) is 19.3 Å². The van der Waals surface area contributed by atoms with Crippen molar-refractivity contribution in [3.8, 4) is 11.5 Å². The van der Waals surface area contributed by atoms with E-state index >= 15 is 0 Å². The molecule has 0 spiro atoms. The predicted molar refractivity (Wildman–Crippen MR) is 70.4 cm³/mol. The fraction of sp³-hybridized carbons (Fsp3) is 0.533. The van der Waals surface area contributed by atoms with Crippen LogP contribution in [0.5, 0.6) is 11.5 Å². The van der Waals surface area contributed by atoms with E-state index in [9.17, 15) is 4.79 Å². The van der Waals surface area contributed by atoms with E-state index in [-0.39, 0.29) is 11.7 Å². The zero-order chi connectivity index (χ0) is 13.1. The molecule has 18 heavy (non-hydrogen) atoms. The summed E-state index contributed by atoms with van der Waals surface area (Å²) < 4.78 is 10.5. The van der Waals surface area contributed by atoms with E-state index in [0.29, 0.717) is 23.0 Å². The number of methoxy groups -OCH3 is 2. The summed E-state index contributed by atoms with van der Waals surface area (Å²) in [5.41, 5.74) is 0.649. The molecule has 1 saturated carbocycles. The molecule has 0 radical (unpaired) electrons. The predicted octanol–water partition coefficient (Wildman–Crippen LogP) is 3.32. The van der Waals surface area contributed by atoms with Crippen molar-refractivity contribution >= 4 is 5.78 Å². The highest BCUT2D eigenvalue weighted by atomic mass is 16.5. The fourth-order valence-corrected chi connectivity index (χ4v) is 2.74. The largest absolute Gasteiger partial charge is 0.497 e. The van der Waals surface area contributed by atoms with Crippen LogP contribution in [-0.2, 0) is 0 Å². The highest BCUT2D eigenvalue weighted by Gasteiger charge is 2.31. The zero-order valence-electron chi connectivity index (χ0n) is 11.2. The van der Waals surface area contributed by atoms with Gasteiger partial charge in [-0.25, -0.2) is 0 Å². The fourth-order valence-electron chi connectivity index (χ4n) is 2.74. The Kier molecular flexibility index (Phi) is 3.90. The SMILES string of the molecule is COc1ccc(OC)c(C(=O)C2CCCC2C)c1. The molecule has 3 nitrogen and oxygen atoms in total. The lowest BCUT2D eigenvalue weighted by molar-refractivity contribution is 0.0893. The molecule has 2 rings (SSSR count). The Hall–Kier alpha value is -1.51. The molecule has 3 heteroatoms. The van der Waals surface area contributed by atoms with Crippen molar-refractivity contribution in [3.05, 3.63) is 23.8 Å². The van der Waals surface area contributed by atoms with Crippen molar-refractivity contribution < 1.29 is 14.3 Å². The maximum absolute atomic E-state index is 12.6. The van der Waals surface area contributed by atoms with Gasteiger partial charge in [-0.1, -0.05) is 13.3 Å². The normalized spacial score (nSPS) is 22.8. The zero-order valence-corrected chi connectivity index (χ0v) is 11.2. The summed E-state index contributed by atoms with van der Waals surface area (Å²) in [6.45, 7) is 2.15. The summed E-state index contributed by atoms with van der Waals surface area (Å²) in [5, 5.41) is 0. The van der Waals surface area contributed by atoms with Crippen LogP contribution in [0.4, 0.5) is 0 Å². The van der Waals surface area contributed by atoms with Crippen LogP contribution < -0.4 is 9.47 Å². The molecule has 98 valence electrons. The second-order valence-electron chi connectivity index (χ2n) is 4.95. The van der Waals surface area contributed by atoms with Crippen LogP contribution in [-0.4, -0.2) is 20.0 Å². The van der Waals surface area contributed by atoms with Gasteiger partial charge >= 0.3 is 0 Å². The lowest BCUT2D eigenvalue weighted by Crippen LogP contribution is -2.18. The van der Waals surface area contributed by atoms with Crippen molar-refractivity contribution in [2.75, 3.05) is 14.2 Å². The van der Waals surface area contributed by atoms with Crippen molar-refractivity contribution in [2.24, 2.45) is 11.8 Å². The summed E-state index contributed by atoms with van der Waals surface area (Å²) >= 11 is 0. The standard InChI is InChI=1S/C15H20O3/c1-10-5-4-6-12(10)15(16)13-9-11(17-2)7-8-14(13)18-3/h7-10,12H,4-6H2,1-3H3. The number of carbonyl (C=O) groups excluding carboxylic acids is 1. The van der Waals surface area contributed by atoms with E-state index in [2.05, 4.69) is 6.92 Å². The Morgan fingerprint density at radius 3 is 2.56 bits per heavy atom. The van der Waals surface area contributed by atoms with Gasteiger partial charge in [-0.15, -0.1) is 0 Å². The van der Waals surface area contributed by atoms with E-state index < -0.39 is 0 Å². The van der Waals surface area contributed by atoms with Crippen LogP contribution in [0, 0.1) is 11.8 Å². The van der Waals surface area contributed by atoms with Crippen LogP contribution in [0.2, 0.25) is 0 Å². The van der Waals surface area contributed by atoms with Crippen molar-refractivity contribution in [1.82, 2.24) is 0 Å². The number of hydrogen-bond acceptors (Lipinski definition) is 3. The molecule has 1 fully saturated rings. The second kappa shape index (κ2) is 5.42. The van der Waals surface area contributed by atoms with E-state index in [1.807, 2.05) is 6.07 Å². The summed E-state index contributed by atoms with van der Waals surface area (Å²) in [6.07, 6.45) is 3.27. The lowest BCUT2D eigenvalue weighted by atomic mass is 9.89. The van der Waals surface area contributed by atoms with Gasteiger partial charge in [0.05, 0.1) is 19.8 Å². The van der Waals surface area contributed by atoms with Crippen LogP contribution >= 0.6 is 0 Å². The molecule has 0 heterocycles. The van der Waals surface area contributed by atoms with E-state index in [1.54, 1.807) is 26.4 Å². The molecule has 0 N–H and O–H groups in total. The Morgan fingerprint density at radius 2 is 2.00 bits per heavy atom. The first-order valence-corrected chi connectivity index (χ1v) is 6.43. The molecule has 0 saturated heterocycles. The molecular weight excluding hydrogens is 228 g/mol. The Balaban J connectivity index is 2.33. The molecular formula is C15H20O3. The van der Waals surface area contributed by atoms with Crippen LogP contribution in [0.15, 0.2) is 18.2 Å². The first-order valence-electron chi connectivity index (χ1n) is 6.43. The minimum absolute atomic E-state index is 0.131. The minimum Gasteiger partial charge on any atom is -0.497 e. The molecule has 0 amide bonds. The first-order chi connectivity index (χ1) is 8.67. The summed E-state index contributed by atoms with van der Waals surface area (Å²) in [7, 11) is 3.20. The van der Waals surface area contributed by atoms with Crippen molar-refractivity contribution in [2.45, 2.75) is 26.2 Å². The Bertz CT molecular complexity index is 439. The highest BCUT2D eigenvalue weighted by Crippen LogP contribution is 2.36. The number of benzene rings is 1. The third kappa shape index (κ3) is 2.35. The molecule has 1 aromatic carbocycles. The Labute approximate surface area is 108 Å². The van der Waals surface area contributed by atoms with Gasteiger partial charge in [0.15, 0.2) is 5.78 Å². The van der Waals surface area contributed by atoms with Crippen LogP contribution in [0.1, 0.15) is 36.5 Å². The van der Waals surface area contributed by atoms with Gasteiger partial charge in [0.25, 0.3) is 0 Å². The molecule has 2 atom stereocenters. The average molecular weight is 248 g/mol. The number of Topliss-reactive ketones (excluding diaryl/α,β-unsaturated/α-hetero) is 1. The van der Waals surface area contributed by atoms with Gasteiger partial charge < -0.3 is 9.47 Å². The van der Waals surface area contributed by atoms with E-state index in [1.165, 1.54) is 0 Å². The number of rotatable bonds is 4. The van der Waals surface area contributed by atoms with E-state index in [4.69, 9.17) is 9.47 Å². The molecule has 1 aliphatic carbocycles. The summed E-state index contributed by atoms with van der Waals surface area (Å²) in [6, 6.07) is 5.39. The van der Waals surface area contributed by atoms with Gasteiger partial charge in [0.2, 0.25) is 0 Å². The topological polar surface area (TPSA) is 35.5 Å². The minimum atomic E-state index is 0.131. The Morgan fingerprint density at radius 1 is 1.22 bits per heavy atom. The molecule has 0 aromatic heterocycles. The molecule has 2 unspecified atom stereocenters. The second-order valence-corrected chi connectivity index (χ2v) is 4.95. The maximum Gasteiger partial charge on any atom is 0.170 e.